The number of aliphatic imine (C=N–C) groups is 1. The molecule has 1 radical (unpaired) electrons. The van der Waals surface area contributed by atoms with Crippen LogP contribution in [0.15, 0.2) is 29.3 Å². The van der Waals surface area contributed by atoms with Crippen molar-refractivity contribution < 1.29 is 0 Å². The summed E-state index contributed by atoms with van der Waals surface area (Å²) in [5, 5.41) is 2.92. The van der Waals surface area contributed by atoms with Crippen molar-refractivity contribution in [3.8, 4) is 0 Å². The number of para-hydroxylation sites is 1. The highest BCUT2D eigenvalue weighted by Crippen LogP contribution is 2.19. The summed E-state index contributed by atoms with van der Waals surface area (Å²) in [5.41, 5.74) is 2.27. The lowest BCUT2D eigenvalue weighted by molar-refractivity contribution is 0.913. The number of hydrogen-bond acceptors (Lipinski definition) is 2. The van der Waals surface area contributed by atoms with E-state index in [0.717, 1.165) is 12.2 Å². The fourth-order valence-corrected chi connectivity index (χ4v) is 1.00. The normalized spacial score (nSPS) is 14.0. The third kappa shape index (κ3) is 0.778. The predicted molar refractivity (Wildman–Crippen MR) is 40.4 cm³/mol. The first kappa shape index (κ1) is 5.47. The molecule has 2 nitrogen and oxygen atoms in total. The maximum Gasteiger partial charge on any atom is 0.169 e. The lowest BCUT2D eigenvalue weighted by Crippen LogP contribution is -2.13. The average Bonchev–Trinajstić information content (AvgIpc) is 2.05. The Balaban J connectivity index is 2.54. The van der Waals surface area contributed by atoms with E-state index in [0.29, 0.717) is 0 Å². The summed E-state index contributed by atoms with van der Waals surface area (Å²) in [6, 6.07) is 8.05. The molecule has 1 aromatic carbocycles. The standard InChI is InChI=1S/C8H7N2/c1-2-4-8-7(3-1)5-9-6-10-8/h1-4H,5H2,(H,9,10). The van der Waals surface area contributed by atoms with Gasteiger partial charge in [-0.15, -0.1) is 0 Å². The molecule has 0 spiro atoms. The molecule has 1 N–H and O–H groups in total. The van der Waals surface area contributed by atoms with Crippen LogP contribution in [-0.4, -0.2) is 6.34 Å². The molecule has 1 heterocycles. The number of nitrogens with one attached hydrogen (secondary N) is 1. The van der Waals surface area contributed by atoms with E-state index in [1.807, 2.05) is 18.2 Å². The molecule has 0 aromatic heterocycles. The maximum absolute atomic E-state index is 4.03. The minimum absolute atomic E-state index is 0.847. The molecule has 0 saturated heterocycles. The van der Waals surface area contributed by atoms with Gasteiger partial charge >= 0.3 is 0 Å². The van der Waals surface area contributed by atoms with Gasteiger partial charge in [0.1, 0.15) is 0 Å². The maximum atomic E-state index is 4.03. The van der Waals surface area contributed by atoms with Gasteiger partial charge < -0.3 is 5.32 Å². The molecule has 0 bridgehead atoms. The molecule has 0 aliphatic carbocycles. The summed E-state index contributed by atoms with van der Waals surface area (Å²) in [6.45, 7) is 0.847. The van der Waals surface area contributed by atoms with Gasteiger partial charge in [-0.1, -0.05) is 18.2 Å². The summed E-state index contributed by atoms with van der Waals surface area (Å²) < 4.78 is 0. The van der Waals surface area contributed by atoms with Crippen molar-refractivity contribution in [2.45, 2.75) is 6.54 Å². The Kier molecular flexibility index (Phi) is 1.17. The van der Waals surface area contributed by atoms with Crippen LogP contribution in [0.5, 0.6) is 0 Å². The molecular formula is C8H7N2. The second-order valence-electron chi connectivity index (χ2n) is 2.21. The Labute approximate surface area is 59.6 Å². The van der Waals surface area contributed by atoms with Crippen molar-refractivity contribution in [1.82, 2.24) is 5.32 Å². The lowest BCUT2D eigenvalue weighted by atomic mass is 10.2. The van der Waals surface area contributed by atoms with E-state index in [1.165, 1.54) is 5.56 Å². The summed E-state index contributed by atoms with van der Waals surface area (Å²) >= 11 is 0. The fourth-order valence-electron chi connectivity index (χ4n) is 1.00. The van der Waals surface area contributed by atoms with Crippen LogP contribution in [0.3, 0.4) is 0 Å². The van der Waals surface area contributed by atoms with E-state index < -0.39 is 0 Å². The van der Waals surface area contributed by atoms with Crippen molar-refractivity contribution in [3.05, 3.63) is 29.8 Å². The topological polar surface area (TPSA) is 24.4 Å². The van der Waals surface area contributed by atoms with Gasteiger partial charge in [0.25, 0.3) is 0 Å². The molecule has 0 saturated carbocycles. The van der Waals surface area contributed by atoms with Crippen molar-refractivity contribution in [2.24, 2.45) is 4.99 Å². The van der Waals surface area contributed by atoms with Crippen molar-refractivity contribution in [1.29, 1.82) is 0 Å². The molecule has 0 unspecified atom stereocenters. The highest BCUT2D eigenvalue weighted by Gasteiger charge is 2.01. The summed E-state index contributed by atoms with van der Waals surface area (Å²) in [7, 11) is 0. The molecule has 49 valence electrons. The van der Waals surface area contributed by atoms with Gasteiger partial charge in [-0.05, 0) is 11.6 Å². The van der Waals surface area contributed by atoms with Crippen LogP contribution in [0.1, 0.15) is 5.56 Å². The number of benzene rings is 1. The zero-order valence-corrected chi connectivity index (χ0v) is 5.46. The van der Waals surface area contributed by atoms with Gasteiger partial charge in [-0.25, -0.2) is 4.99 Å². The van der Waals surface area contributed by atoms with Gasteiger partial charge in [-0.2, -0.15) is 0 Å². The van der Waals surface area contributed by atoms with Crippen molar-refractivity contribution in [3.63, 3.8) is 0 Å². The SMILES string of the molecule is [C]1=Nc2ccccc2CN1. The van der Waals surface area contributed by atoms with E-state index in [1.54, 1.807) is 0 Å². The molecule has 0 amide bonds. The third-order valence-electron chi connectivity index (χ3n) is 1.53. The molecule has 1 aliphatic rings. The predicted octanol–water partition coefficient (Wildman–Crippen LogP) is 1.33. The molecule has 2 rings (SSSR count). The summed E-state index contributed by atoms with van der Waals surface area (Å²) in [6.07, 6.45) is 2.72. The summed E-state index contributed by atoms with van der Waals surface area (Å²) in [5.74, 6) is 0. The second kappa shape index (κ2) is 2.14. The Bertz CT molecular complexity index is 266. The van der Waals surface area contributed by atoms with Crippen molar-refractivity contribution >= 4 is 12.0 Å². The van der Waals surface area contributed by atoms with E-state index in [4.69, 9.17) is 0 Å². The Morgan fingerprint density at radius 2 is 2.30 bits per heavy atom. The Hall–Kier alpha value is -1.31. The third-order valence-corrected chi connectivity index (χ3v) is 1.53. The van der Waals surface area contributed by atoms with Gasteiger partial charge in [0.15, 0.2) is 6.34 Å². The van der Waals surface area contributed by atoms with Crippen LogP contribution < -0.4 is 5.32 Å². The quantitative estimate of drug-likeness (QED) is 0.564. The van der Waals surface area contributed by atoms with E-state index in [9.17, 15) is 0 Å². The Morgan fingerprint density at radius 3 is 3.20 bits per heavy atom. The zero-order valence-electron chi connectivity index (χ0n) is 5.46. The highest BCUT2D eigenvalue weighted by atomic mass is 15.0. The van der Waals surface area contributed by atoms with Crippen LogP contribution in [0.25, 0.3) is 0 Å². The average molecular weight is 131 g/mol. The van der Waals surface area contributed by atoms with E-state index >= 15 is 0 Å². The van der Waals surface area contributed by atoms with Gasteiger partial charge in [0.05, 0.1) is 5.69 Å². The minimum atomic E-state index is 0.847. The first-order chi connectivity index (χ1) is 4.97. The Morgan fingerprint density at radius 1 is 1.40 bits per heavy atom. The van der Waals surface area contributed by atoms with Crippen LogP contribution >= 0.6 is 0 Å². The number of fused-ring (bicyclic) bond motifs is 1. The van der Waals surface area contributed by atoms with Crippen LogP contribution in [0, 0.1) is 0 Å². The van der Waals surface area contributed by atoms with Crippen LogP contribution in [0.2, 0.25) is 0 Å². The first-order valence-corrected chi connectivity index (χ1v) is 3.23. The summed E-state index contributed by atoms with van der Waals surface area (Å²) in [4.78, 5) is 4.03. The molecule has 2 heteroatoms. The van der Waals surface area contributed by atoms with Gasteiger partial charge in [0, 0.05) is 6.54 Å². The van der Waals surface area contributed by atoms with Crippen molar-refractivity contribution in [2.75, 3.05) is 0 Å². The molecule has 1 aromatic rings. The highest BCUT2D eigenvalue weighted by molar-refractivity contribution is 5.66. The number of hydrogen-bond donors (Lipinski definition) is 1. The van der Waals surface area contributed by atoms with E-state index in [-0.39, 0.29) is 0 Å². The smallest absolute Gasteiger partial charge is 0.169 e. The zero-order chi connectivity index (χ0) is 6.81. The molecule has 1 aliphatic heterocycles. The fraction of sp³-hybridized carbons (Fsp3) is 0.125. The molecule has 0 fully saturated rings. The second-order valence-corrected chi connectivity index (χ2v) is 2.21. The van der Waals surface area contributed by atoms with Gasteiger partial charge in [0.2, 0.25) is 0 Å². The molecular weight excluding hydrogens is 124 g/mol. The monoisotopic (exact) mass is 131 g/mol. The minimum Gasteiger partial charge on any atom is -0.363 e. The lowest BCUT2D eigenvalue weighted by Gasteiger charge is -2.08. The number of nitrogens with zero attached hydrogens (tertiary/aromatic N) is 1. The van der Waals surface area contributed by atoms with Crippen LogP contribution in [-0.2, 0) is 6.54 Å². The number of rotatable bonds is 0. The van der Waals surface area contributed by atoms with E-state index in [2.05, 4.69) is 22.7 Å². The largest absolute Gasteiger partial charge is 0.363 e. The van der Waals surface area contributed by atoms with Gasteiger partial charge in [-0.3, -0.25) is 0 Å². The first-order valence-electron chi connectivity index (χ1n) is 3.23. The van der Waals surface area contributed by atoms with Crippen LogP contribution in [0.4, 0.5) is 5.69 Å². The molecule has 10 heavy (non-hydrogen) atoms. The molecule has 0 atom stereocenters.